The molecule has 0 bridgehead atoms. The van der Waals surface area contributed by atoms with Crippen LogP contribution in [0.2, 0.25) is 0 Å². The maximum absolute atomic E-state index is 13.7. The average Bonchev–Trinajstić information content (AvgIpc) is 3.30. The fourth-order valence-corrected chi connectivity index (χ4v) is 5.15. The van der Waals surface area contributed by atoms with Crippen LogP contribution < -0.4 is 0 Å². The van der Waals surface area contributed by atoms with Crippen LogP contribution in [0.3, 0.4) is 0 Å². The molecule has 0 saturated carbocycles. The zero-order chi connectivity index (χ0) is 23.4. The van der Waals surface area contributed by atoms with Crippen molar-refractivity contribution >= 4 is 23.2 Å². The molecule has 2 amide bonds. The summed E-state index contributed by atoms with van der Waals surface area (Å²) in [5.74, 6) is -1.35. The van der Waals surface area contributed by atoms with Crippen LogP contribution in [-0.4, -0.2) is 41.2 Å². The fourth-order valence-electron chi connectivity index (χ4n) is 4.25. The number of nitrogens with zero attached hydrogens (tertiary/aromatic N) is 2. The van der Waals surface area contributed by atoms with E-state index in [1.807, 2.05) is 18.4 Å². The van der Waals surface area contributed by atoms with Crippen molar-refractivity contribution in [1.29, 1.82) is 0 Å². The summed E-state index contributed by atoms with van der Waals surface area (Å²) in [7, 11) is 0. The lowest BCUT2D eigenvalue weighted by Gasteiger charge is -2.37. The standard InChI is InChI=1S/C26H26F2N2O2S/c1-2-3-13-29(26(32)19-5-4-6-21(28)16-19)17-24(31)30-14-11-23-22(12-15-33-23)25(30)18-7-9-20(27)10-8-18/h4-10,12,15-16,25H,2-3,11,13-14,17H2,1H3. The van der Waals surface area contributed by atoms with Gasteiger partial charge in [-0.05, 0) is 65.7 Å². The summed E-state index contributed by atoms with van der Waals surface area (Å²) in [6.45, 7) is 2.85. The third kappa shape index (κ3) is 5.14. The fraction of sp³-hybridized carbons (Fsp3) is 0.308. The Balaban J connectivity index is 1.61. The molecule has 3 aromatic rings. The van der Waals surface area contributed by atoms with Crippen LogP contribution in [0, 0.1) is 11.6 Å². The molecule has 7 heteroatoms. The normalized spacial score (nSPS) is 15.2. The Hall–Kier alpha value is -3.06. The van der Waals surface area contributed by atoms with Crippen molar-refractivity contribution in [3.63, 3.8) is 0 Å². The lowest BCUT2D eigenvalue weighted by atomic mass is 9.93. The molecule has 0 fully saturated rings. The summed E-state index contributed by atoms with van der Waals surface area (Å²) >= 11 is 1.66. The van der Waals surface area contributed by atoms with E-state index in [0.717, 1.165) is 30.4 Å². The average molecular weight is 469 g/mol. The largest absolute Gasteiger partial charge is 0.330 e. The van der Waals surface area contributed by atoms with Gasteiger partial charge in [-0.25, -0.2) is 8.78 Å². The second kappa shape index (κ2) is 10.3. The molecule has 2 heterocycles. The maximum atomic E-state index is 13.7. The molecule has 0 radical (unpaired) electrons. The molecule has 1 aliphatic heterocycles. The van der Waals surface area contributed by atoms with Crippen LogP contribution in [0.25, 0.3) is 0 Å². The van der Waals surface area contributed by atoms with E-state index in [1.165, 1.54) is 40.1 Å². The topological polar surface area (TPSA) is 40.6 Å². The zero-order valence-corrected chi connectivity index (χ0v) is 19.3. The SMILES string of the molecule is CCCCN(CC(=O)N1CCc2sccc2C1c1ccc(F)cc1)C(=O)c1cccc(F)c1. The van der Waals surface area contributed by atoms with E-state index in [1.54, 1.807) is 34.4 Å². The molecule has 0 spiro atoms. The number of carbonyl (C=O) groups excluding carboxylic acids is 2. The number of hydrogen-bond donors (Lipinski definition) is 0. The number of fused-ring (bicyclic) bond motifs is 1. The van der Waals surface area contributed by atoms with Crippen LogP contribution in [0.5, 0.6) is 0 Å². The first kappa shape index (κ1) is 23.1. The monoisotopic (exact) mass is 468 g/mol. The number of halogens is 2. The second-order valence-corrected chi connectivity index (χ2v) is 9.18. The van der Waals surface area contributed by atoms with Crippen molar-refractivity contribution in [2.45, 2.75) is 32.2 Å². The van der Waals surface area contributed by atoms with Gasteiger partial charge in [0.1, 0.15) is 18.2 Å². The minimum absolute atomic E-state index is 0.0908. The number of hydrogen-bond acceptors (Lipinski definition) is 3. The van der Waals surface area contributed by atoms with E-state index in [2.05, 4.69) is 0 Å². The van der Waals surface area contributed by atoms with Gasteiger partial charge in [0.15, 0.2) is 0 Å². The van der Waals surface area contributed by atoms with Crippen molar-refractivity contribution in [2.75, 3.05) is 19.6 Å². The molecular weight excluding hydrogens is 442 g/mol. The first-order valence-electron chi connectivity index (χ1n) is 11.1. The van der Waals surface area contributed by atoms with E-state index >= 15 is 0 Å². The Labute approximate surface area is 196 Å². The number of amides is 2. The number of unbranched alkanes of at least 4 members (excludes halogenated alkanes) is 1. The summed E-state index contributed by atoms with van der Waals surface area (Å²) < 4.78 is 27.3. The van der Waals surface area contributed by atoms with E-state index in [9.17, 15) is 18.4 Å². The predicted octanol–water partition coefficient (Wildman–Crippen LogP) is 5.44. The Morgan fingerprint density at radius 2 is 1.88 bits per heavy atom. The van der Waals surface area contributed by atoms with E-state index in [0.29, 0.717) is 13.1 Å². The van der Waals surface area contributed by atoms with Crippen LogP contribution in [-0.2, 0) is 11.2 Å². The van der Waals surface area contributed by atoms with Gasteiger partial charge >= 0.3 is 0 Å². The van der Waals surface area contributed by atoms with Gasteiger partial charge in [-0.3, -0.25) is 9.59 Å². The van der Waals surface area contributed by atoms with Crippen molar-refractivity contribution in [1.82, 2.24) is 9.80 Å². The summed E-state index contributed by atoms with van der Waals surface area (Å²) in [4.78, 5) is 31.2. The number of benzene rings is 2. The minimum Gasteiger partial charge on any atom is -0.330 e. The summed E-state index contributed by atoms with van der Waals surface area (Å²) in [5, 5.41) is 2.01. The highest BCUT2D eigenvalue weighted by atomic mass is 32.1. The zero-order valence-electron chi connectivity index (χ0n) is 18.5. The first-order chi connectivity index (χ1) is 16.0. The molecule has 2 aromatic carbocycles. The summed E-state index contributed by atoms with van der Waals surface area (Å²) in [6.07, 6.45) is 2.34. The molecule has 33 heavy (non-hydrogen) atoms. The van der Waals surface area contributed by atoms with E-state index in [-0.39, 0.29) is 35.8 Å². The molecule has 1 aromatic heterocycles. The Kier molecular flexibility index (Phi) is 7.18. The number of rotatable bonds is 7. The van der Waals surface area contributed by atoms with Gasteiger partial charge in [0.2, 0.25) is 5.91 Å². The second-order valence-electron chi connectivity index (χ2n) is 8.18. The molecule has 0 aliphatic carbocycles. The van der Waals surface area contributed by atoms with Gasteiger partial charge in [-0.2, -0.15) is 0 Å². The van der Waals surface area contributed by atoms with Crippen LogP contribution >= 0.6 is 11.3 Å². The van der Waals surface area contributed by atoms with Crippen molar-refractivity contribution in [2.24, 2.45) is 0 Å². The van der Waals surface area contributed by atoms with Gasteiger partial charge in [0.05, 0.1) is 6.04 Å². The third-order valence-corrected chi connectivity index (χ3v) is 6.93. The van der Waals surface area contributed by atoms with Crippen molar-refractivity contribution in [3.8, 4) is 0 Å². The highest BCUT2D eigenvalue weighted by molar-refractivity contribution is 7.10. The quantitative estimate of drug-likeness (QED) is 0.463. The summed E-state index contributed by atoms with van der Waals surface area (Å²) in [6, 6.07) is 13.5. The van der Waals surface area contributed by atoms with Gasteiger partial charge in [0.25, 0.3) is 5.91 Å². The molecule has 172 valence electrons. The van der Waals surface area contributed by atoms with Crippen molar-refractivity contribution < 1.29 is 18.4 Å². The number of thiophene rings is 1. The molecule has 0 N–H and O–H groups in total. The summed E-state index contributed by atoms with van der Waals surface area (Å²) in [5.41, 5.74) is 2.11. The molecule has 1 unspecified atom stereocenters. The van der Waals surface area contributed by atoms with E-state index in [4.69, 9.17) is 0 Å². The first-order valence-corrected chi connectivity index (χ1v) is 12.0. The van der Waals surface area contributed by atoms with Crippen LogP contribution in [0.1, 0.15) is 52.2 Å². The smallest absolute Gasteiger partial charge is 0.254 e. The maximum Gasteiger partial charge on any atom is 0.254 e. The third-order valence-electron chi connectivity index (χ3n) is 5.94. The highest BCUT2D eigenvalue weighted by Gasteiger charge is 2.34. The Bertz CT molecular complexity index is 1130. The lowest BCUT2D eigenvalue weighted by molar-refractivity contribution is -0.134. The van der Waals surface area contributed by atoms with Crippen LogP contribution in [0.4, 0.5) is 8.78 Å². The highest BCUT2D eigenvalue weighted by Crippen LogP contribution is 2.38. The molecule has 4 rings (SSSR count). The molecule has 0 saturated heterocycles. The molecular formula is C26H26F2N2O2S. The van der Waals surface area contributed by atoms with Gasteiger partial charge in [-0.15, -0.1) is 11.3 Å². The van der Waals surface area contributed by atoms with Crippen molar-refractivity contribution in [3.05, 3.63) is 93.2 Å². The predicted molar refractivity (Wildman–Crippen MR) is 125 cm³/mol. The lowest BCUT2D eigenvalue weighted by Crippen LogP contribution is -2.47. The van der Waals surface area contributed by atoms with Gasteiger partial charge in [-0.1, -0.05) is 31.5 Å². The van der Waals surface area contributed by atoms with E-state index < -0.39 is 5.82 Å². The number of carbonyl (C=O) groups is 2. The van der Waals surface area contributed by atoms with Gasteiger partial charge < -0.3 is 9.80 Å². The molecule has 1 aliphatic rings. The van der Waals surface area contributed by atoms with Crippen LogP contribution in [0.15, 0.2) is 60.0 Å². The minimum atomic E-state index is -0.486. The molecule has 1 atom stereocenters. The molecule has 4 nitrogen and oxygen atoms in total. The Morgan fingerprint density at radius 3 is 2.61 bits per heavy atom. The Morgan fingerprint density at radius 1 is 1.09 bits per heavy atom. The van der Waals surface area contributed by atoms with Gasteiger partial charge in [0, 0.05) is 23.5 Å².